The molecule has 0 aromatic heterocycles. The second-order valence-corrected chi connectivity index (χ2v) is 6.69. The summed E-state index contributed by atoms with van der Waals surface area (Å²) in [6, 6.07) is 11.8. The highest BCUT2D eigenvalue weighted by Crippen LogP contribution is 2.34. The summed E-state index contributed by atoms with van der Waals surface area (Å²) >= 11 is 0. The monoisotopic (exact) mass is 356 g/mol. The fraction of sp³-hybridized carbons (Fsp3) is 0.350. The molecule has 2 aromatic rings. The molecule has 0 spiro atoms. The van der Waals surface area contributed by atoms with Gasteiger partial charge in [-0.15, -0.1) is 0 Å². The number of amides is 1. The molecule has 1 amide bonds. The largest absolute Gasteiger partial charge is 0.482 e. The Hall–Kier alpha value is -2.76. The van der Waals surface area contributed by atoms with E-state index in [1.165, 1.54) is 12.1 Å². The maximum Gasteiger partial charge on any atom is 0.269 e. The summed E-state index contributed by atoms with van der Waals surface area (Å²) in [6.45, 7) is 3.59. The third-order valence-electron chi connectivity index (χ3n) is 4.72. The summed E-state index contributed by atoms with van der Waals surface area (Å²) in [5.41, 5.74) is 1.21. The fourth-order valence-electron chi connectivity index (χ4n) is 3.42. The van der Waals surface area contributed by atoms with Gasteiger partial charge in [-0.2, -0.15) is 0 Å². The number of halogens is 1. The molecule has 6 heteroatoms. The smallest absolute Gasteiger partial charge is 0.269 e. The number of hydrogen-bond donors (Lipinski definition) is 1. The first-order chi connectivity index (χ1) is 12.6. The Bertz CT molecular complexity index is 820. The molecule has 4 rings (SSSR count). The normalized spacial score (nSPS) is 21.5. The van der Waals surface area contributed by atoms with Crippen molar-refractivity contribution in [1.29, 1.82) is 0 Å². The van der Waals surface area contributed by atoms with Crippen molar-refractivity contribution in [2.45, 2.75) is 32.0 Å². The van der Waals surface area contributed by atoms with Crippen LogP contribution in [0.3, 0.4) is 0 Å². The van der Waals surface area contributed by atoms with E-state index in [0.717, 1.165) is 31.6 Å². The zero-order chi connectivity index (χ0) is 18.1. The second kappa shape index (κ2) is 6.86. The van der Waals surface area contributed by atoms with Gasteiger partial charge >= 0.3 is 0 Å². The predicted molar refractivity (Wildman–Crippen MR) is 97.4 cm³/mol. The summed E-state index contributed by atoms with van der Waals surface area (Å²) < 4.78 is 25.6. The highest BCUT2D eigenvalue weighted by atomic mass is 19.1. The van der Waals surface area contributed by atoms with Crippen molar-refractivity contribution in [2.75, 3.05) is 23.3 Å². The van der Waals surface area contributed by atoms with Crippen LogP contribution in [-0.2, 0) is 4.79 Å². The van der Waals surface area contributed by atoms with E-state index in [-0.39, 0.29) is 11.7 Å². The lowest BCUT2D eigenvalue weighted by Crippen LogP contribution is -2.46. The van der Waals surface area contributed by atoms with E-state index in [1.807, 2.05) is 12.1 Å². The Kier molecular flexibility index (Phi) is 4.41. The van der Waals surface area contributed by atoms with Crippen molar-refractivity contribution < 1.29 is 18.7 Å². The van der Waals surface area contributed by atoms with Crippen LogP contribution in [0.25, 0.3) is 0 Å². The van der Waals surface area contributed by atoms with E-state index < -0.39 is 12.2 Å². The lowest BCUT2D eigenvalue weighted by Gasteiger charge is -2.31. The molecule has 26 heavy (non-hydrogen) atoms. The van der Waals surface area contributed by atoms with Gasteiger partial charge in [0.25, 0.3) is 5.91 Å². The molecular weight excluding hydrogens is 335 g/mol. The van der Waals surface area contributed by atoms with Gasteiger partial charge in [-0.3, -0.25) is 4.79 Å². The number of rotatable bonds is 3. The number of benzene rings is 2. The lowest BCUT2D eigenvalue weighted by molar-refractivity contribution is -0.128. The van der Waals surface area contributed by atoms with Crippen LogP contribution in [0.15, 0.2) is 42.5 Å². The Labute approximate surface area is 151 Å². The SMILES string of the molecule is C[C@@H]1Oc2ccccc2O[C@H]1C(=O)Nc1cc(F)cc(N2CCCC2)c1. The second-order valence-electron chi connectivity index (χ2n) is 6.69. The molecule has 2 heterocycles. The quantitative estimate of drug-likeness (QED) is 0.913. The first kappa shape index (κ1) is 16.7. The summed E-state index contributed by atoms with van der Waals surface area (Å²) in [7, 11) is 0. The number of anilines is 2. The predicted octanol–water partition coefficient (Wildman–Crippen LogP) is 3.59. The number of fused-ring (bicyclic) bond motifs is 1. The number of carbonyl (C=O) groups is 1. The third-order valence-corrected chi connectivity index (χ3v) is 4.72. The molecule has 2 atom stereocenters. The van der Waals surface area contributed by atoms with Crippen molar-refractivity contribution in [3.63, 3.8) is 0 Å². The average molecular weight is 356 g/mol. The summed E-state index contributed by atoms with van der Waals surface area (Å²) in [4.78, 5) is 14.8. The Morgan fingerprint density at radius 2 is 1.81 bits per heavy atom. The number of carbonyl (C=O) groups excluding carboxylic acids is 1. The van der Waals surface area contributed by atoms with Gasteiger partial charge in [-0.05, 0) is 50.1 Å². The number of hydrogen-bond acceptors (Lipinski definition) is 4. The van der Waals surface area contributed by atoms with Gasteiger partial charge in [0.1, 0.15) is 11.9 Å². The molecule has 0 saturated carbocycles. The van der Waals surface area contributed by atoms with Crippen LogP contribution in [0.1, 0.15) is 19.8 Å². The zero-order valence-electron chi connectivity index (χ0n) is 14.6. The van der Waals surface area contributed by atoms with Crippen molar-refractivity contribution >= 4 is 17.3 Å². The fourth-order valence-corrected chi connectivity index (χ4v) is 3.42. The van der Waals surface area contributed by atoms with Gasteiger partial charge in [0, 0.05) is 24.5 Å². The molecule has 0 unspecified atom stereocenters. The molecule has 136 valence electrons. The summed E-state index contributed by atoms with van der Waals surface area (Å²) in [5.74, 6) is 0.419. The van der Waals surface area contributed by atoms with E-state index >= 15 is 0 Å². The highest BCUT2D eigenvalue weighted by Gasteiger charge is 2.34. The molecular formula is C20H21FN2O3. The van der Waals surface area contributed by atoms with E-state index in [0.29, 0.717) is 17.2 Å². The van der Waals surface area contributed by atoms with Gasteiger partial charge in [0.05, 0.1) is 0 Å². The first-order valence-corrected chi connectivity index (χ1v) is 8.89. The van der Waals surface area contributed by atoms with Crippen LogP contribution in [0.4, 0.5) is 15.8 Å². The molecule has 1 fully saturated rings. The van der Waals surface area contributed by atoms with E-state index in [1.54, 1.807) is 25.1 Å². The van der Waals surface area contributed by atoms with Crippen LogP contribution >= 0.6 is 0 Å². The first-order valence-electron chi connectivity index (χ1n) is 8.89. The van der Waals surface area contributed by atoms with E-state index in [9.17, 15) is 9.18 Å². The van der Waals surface area contributed by atoms with E-state index in [4.69, 9.17) is 9.47 Å². The Morgan fingerprint density at radius 1 is 1.12 bits per heavy atom. The standard InChI is InChI=1S/C20H21FN2O3/c1-13-19(26-18-7-3-2-6-17(18)25-13)20(24)22-15-10-14(21)11-16(12-15)23-8-4-5-9-23/h2-3,6-7,10-13,19H,4-5,8-9H2,1H3,(H,22,24)/t13-,19+/m0/s1. The topological polar surface area (TPSA) is 50.8 Å². The van der Waals surface area contributed by atoms with Crippen LogP contribution in [0.5, 0.6) is 11.5 Å². The van der Waals surface area contributed by atoms with Crippen molar-refractivity contribution in [3.8, 4) is 11.5 Å². The van der Waals surface area contributed by atoms with Gasteiger partial charge in [0.15, 0.2) is 11.5 Å². The number of nitrogens with one attached hydrogen (secondary N) is 1. The number of nitrogens with zero attached hydrogens (tertiary/aromatic N) is 1. The van der Waals surface area contributed by atoms with Gasteiger partial charge in [-0.25, -0.2) is 4.39 Å². The van der Waals surface area contributed by atoms with Crippen LogP contribution in [0, 0.1) is 5.82 Å². The Morgan fingerprint density at radius 3 is 2.54 bits per heavy atom. The molecule has 2 aliphatic heterocycles. The molecule has 1 N–H and O–H groups in total. The van der Waals surface area contributed by atoms with Gasteiger partial charge in [0.2, 0.25) is 6.10 Å². The molecule has 0 radical (unpaired) electrons. The van der Waals surface area contributed by atoms with Gasteiger partial charge in [-0.1, -0.05) is 12.1 Å². The van der Waals surface area contributed by atoms with E-state index in [2.05, 4.69) is 10.2 Å². The summed E-state index contributed by atoms with van der Waals surface area (Å²) in [6.07, 6.45) is 0.949. The maximum atomic E-state index is 14.0. The molecule has 1 saturated heterocycles. The average Bonchev–Trinajstić information content (AvgIpc) is 3.15. The molecule has 2 aliphatic rings. The van der Waals surface area contributed by atoms with Crippen LogP contribution in [-0.4, -0.2) is 31.2 Å². The Balaban J connectivity index is 1.51. The third kappa shape index (κ3) is 3.31. The van der Waals surface area contributed by atoms with Crippen LogP contribution < -0.4 is 19.7 Å². The minimum Gasteiger partial charge on any atom is -0.482 e. The van der Waals surface area contributed by atoms with Gasteiger partial charge < -0.3 is 19.7 Å². The van der Waals surface area contributed by atoms with Crippen LogP contribution in [0.2, 0.25) is 0 Å². The molecule has 0 aliphatic carbocycles. The van der Waals surface area contributed by atoms with Crippen molar-refractivity contribution in [1.82, 2.24) is 0 Å². The number of ether oxygens (including phenoxy) is 2. The van der Waals surface area contributed by atoms with Crippen molar-refractivity contribution in [2.24, 2.45) is 0 Å². The summed E-state index contributed by atoms with van der Waals surface area (Å²) in [5, 5.41) is 2.77. The maximum absolute atomic E-state index is 14.0. The molecule has 0 bridgehead atoms. The minimum absolute atomic E-state index is 0.357. The van der Waals surface area contributed by atoms with Crippen molar-refractivity contribution in [3.05, 3.63) is 48.3 Å². The minimum atomic E-state index is -0.802. The lowest BCUT2D eigenvalue weighted by atomic mass is 10.1. The zero-order valence-corrected chi connectivity index (χ0v) is 14.6. The highest BCUT2D eigenvalue weighted by molar-refractivity contribution is 5.95. The number of para-hydroxylation sites is 2. The molecule has 2 aromatic carbocycles. The molecule has 5 nitrogen and oxygen atoms in total.